The Morgan fingerprint density at radius 2 is 1.93 bits per heavy atom. The SMILES string of the molecule is Cc1nc(CSc2ccccc2C(=O)N(C)CC(=O)Nc2ccc(Cl)c(Cl)c2)no1. The van der Waals surface area contributed by atoms with Gasteiger partial charge in [0.1, 0.15) is 0 Å². The number of anilines is 1. The molecule has 2 aromatic carbocycles. The van der Waals surface area contributed by atoms with E-state index in [4.69, 9.17) is 27.7 Å². The number of carbonyl (C=O) groups excluding carboxylic acids is 2. The molecule has 0 radical (unpaired) electrons. The lowest BCUT2D eigenvalue weighted by Crippen LogP contribution is -2.35. The van der Waals surface area contributed by atoms with Crippen LogP contribution < -0.4 is 5.32 Å². The Morgan fingerprint density at radius 1 is 1.17 bits per heavy atom. The molecule has 156 valence electrons. The minimum absolute atomic E-state index is 0.123. The van der Waals surface area contributed by atoms with Gasteiger partial charge in [-0.1, -0.05) is 40.5 Å². The Balaban J connectivity index is 1.63. The minimum Gasteiger partial charge on any atom is -0.340 e. The van der Waals surface area contributed by atoms with Gasteiger partial charge in [0.05, 0.1) is 27.9 Å². The predicted molar refractivity (Wildman–Crippen MR) is 117 cm³/mol. The quantitative estimate of drug-likeness (QED) is 0.510. The number of aryl methyl sites for hydroxylation is 1. The van der Waals surface area contributed by atoms with Gasteiger partial charge in [0.25, 0.3) is 5.91 Å². The van der Waals surface area contributed by atoms with E-state index in [-0.39, 0.29) is 18.4 Å². The van der Waals surface area contributed by atoms with Crippen molar-refractivity contribution in [2.24, 2.45) is 0 Å². The van der Waals surface area contributed by atoms with Crippen molar-refractivity contribution >= 4 is 52.5 Å². The lowest BCUT2D eigenvalue weighted by Gasteiger charge is -2.18. The monoisotopic (exact) mass is 464 g/mol. The van der Waals surface area contributed by atoms with E-state index in [1.54, 1.807) is 44.3 Å². The summed E-state index contributed by atoms with van der Waals surface area (Å²) in [6, 6.07) is 12.0. The summed E-state index contributed by atoms with van der Waals surface area (Å²) in [5.41, 5.74) is 0.995. The van der Waals surface area contributed by atoms with Crippen molar-refractivity contribution in [1.29, 1.82) is 0 Å². The Kier molecular flexibility index (Phi) is 7.36. The van der Waals surface area contributed by atoms with Gasteiger partial charge in [-0.25, -0.2) is 0 Å². The third kappa shape index (κ3) is 5.75. The van der Waals surface area contributed by atoms with Crippen molar-refractivity contribution in [3.63, 3.8) is 0 Å². The maximum absolute atomic E-state index is 12.9. The fourth-order valence-electron chi connectivity index (χ4n) is 2.58. The molecule has 3 aromatic rings. The van der Waals surface area contributed by atoms with Gasteiger partial charge in [-0.2, -0.15) is 4.98 Å². The summed E-state index contributed by atoms with van der Waals surface area (Å²) in [7, 11) is 1.57. The maximum atomic E-state index is 12.9. The Labute approximate surface area is 187 Å². The normalized spacial score (nSPS) is 10.7. The number of aromatic nitrogens is 2. The predicted octanol–water partition coefficient (Wildman–Crippen LogP) is 4.69. The van der Waals surface area contributed by atoms with E-state index >= 15 is 0 Å². The number of rotatable bonds is 7. The van der Waals surface area contributed by atoms with E-state index in [2.05, 4.69) is 15.5 Å². The third-order valence-corrected chi connectivity index (χ3v) is 5.78. The van der Waals surface area contributed by atoms with Gasteiger partial charge in [0.15, 0.2) is 5.82 Å². The molecule has 0 aliphatic heterocycles. The molecule has 2 amide bonds. The highest BCUT2D eigenvalue weighted by Crippen LogP contribution is 2.27. The maximum Gasteiger partial charge on any atom is 0.255 e. The molecular weight excluding hydrogens is 447 g/mol. The highest BCUT2D eigenvalue weighted by molar-refractivity contribution is 7.98. The number of nitrogens with one attached hydrogen (secondary N) is 1. The first-order valence-electron chi connectivity index (χ1n) is 8.85. The fourth-order valence-corrected chi connectivity index (χ4v) is 3.76. The van der Waals surface area contributed by atoms with Crippen molar-refractivity contribution in [3.05, 3.63) is 69.8 Å². The summed E-state index contributed by atoms with van der Waals surface area (Å²) in [5, 5.41) is 7.29. The highest BCUT2D eigenvalue weighted by atomic mass is 35.5. The van der Waals surface area contributed by atoms with Crippen LogP contribution in [0.1, 0.15) is 22.1 Å². The molecule has 0 saturated heterocycles. The van der Waals surface area contributed by atoms with Crippen LogP contribution in [-0.4, -0.2) is 40.4 Å². The molecule has 0 unspecified atom stereocenters. The second-order valence-corrected chi connectivity index (χ2v) is 8.18. The van der Waals surface area contributed by atoms with E-state index in [0.717, 1.165) is 4.90 Å². The molecule has 0 fully saturated rings. The van der Waals surface area contributed by atoms with Crippen molar-refractivity contribution in [1.82, 2.24) is 15.0 Å². The number of hydrogen-bond acceptors (Lipinski definition) is 6. The number of amides is 2. The van der Waals surface area contributed by atoms with Gasteiger partial charge in [-0.05, 0) is 30.3 Å². The van der Waals surface area contributed by atoms with Crippen LogP contribution in [0.15, 0.2) is 51.9 Å². The van der Waals surface area contributed by atoms with Crippen LogP contribution in [0.3, 0.4) is 0 Å². The van der Waals surface area contributed by atoms with E-state index in [0.29, 0.717) is 38.8 Å². The van der Waals surface area contributed by atoms with Gasteiger partial charge < -0.3 is 14.7 Å². The smallest absolute Gasteiger partial charge is 0.255 e. The lowest BCUT2D eigenvalue weighted by atomic mass is 10.2. The summed E-state index contributed by atoms with van der Waals surface area (Å²) in [5.74, 6) is 0.878. The Bertz CT molecular complexity index is 1070. The number of nitrogens with zero attached hydrogens (tertiary/aromatic N) is 3. The van der Waals surface area contributed by atoms with Gasteiger partial charge >= 0.3 is 0 Å². The summed E-state index contributed by atoms with van der Waals surface area (Å²) < 4.78 is 4.97. The number of hydrogen-bond donors (Lipinski definition) is 1. The van der Waals surface area contributed by atoms with Gasteiger partial charge in [-0.15, -0.1) is 11.8 Å². The molecule has 3 rings (SSSR count). The molecule has 0 aliphatic carbocycles. The van der Waals surface area contributed by atoms with Crippen molar-refractivity contribution in [2.45, 2.75) is 17.6 Å². The van der Waals surface area contributed by atoms with E-state index < -0.39 is 0 Å². The lowest BCUT2D eigenvalue weighted by molar-refractivity contribution is -0.116. The first kappa shape index (κ1) is 22.1. The summed E-state index contributed by atoms with van der Waals surface area (Å²) in [4.78, 5) is 31.5. The summed E-state index contributed by atoms with van der Waals surface area (Å²) in [6.07, 6.45) is 0. The second-order valence-electron chi connectivity index (χ2n) is 6.35. The average molecular weight is 465 g/mol. The largest absolute Gasteiger partial charge is 0.340 e. The Morgan fingerprint density at radius 3 is 2.63 bits per heavy atom. The van der Waals surface area contributed by atoms with E-state index in [1.807, 2.05) is 12.1 Å². The van der Waals surface area contributed by atoms with Crippen LogP contribution in [0.25, 0.3) is 0 Å². The van der Waals surface area contributed by atoms with Crippen LogP contribution in [0.5, 0.6) is 0 Å². The first-order valence-corrected chi connectivity index (χ1v) is 10.6. The van der Waals surface area contributed by atoms with Gasteiger partial charge in [-0.3, -0.25) is 9.59 Å². The fraction of sp³-hybridized carbons (Fsp3) is 0.200. The number of thioether (sulfide) groups is 1. The van der Waals surface area contributed by atoms with Crippen molar-refractivity contribution < 1.29 is 14.1 Å². The molecule has 10 heteroatoms. The zero-order chi connectivity index (χ0) is 21.7. The Hall–Kier alpha value is -2.55. The average Bonchev–Trinajstić information content (AvgIpc) is 3.14. The minimum atomic E-state index is -0.350. The van der Waals surface area contributed by atoms with Gasteiger partial charge in [0.2, 0.25) is 11.8 Å². The molecule has 1 heterocycles. The molecule has 7 nitrogen and oxygen atoms in total. The number of likely N-dealkylation sites (N-methyl/N-ethyl adjacent to an activating group) is 1. The van der Waals surface area contributed by atoms with Crippen LogP contribution in [0.4, 0.5) is 5.69 Å². The number of carbonyl (C=O) groups is 2. The molecule has 1 aromatic heterocycles. The van der Waals surface area contributed by atoms with Crippen LogP contribution in [0.2, 0.25) is 10.0 Å². The molecular formula is C20H18Cl2N4O3S. The van der Waals surface area contributed by atoms with Crippen LogP contribution >= 0.6 is 35.0 Å². The van der Waals surface area contributed by atoms with E-state index in [9.17, 15) is 9.59 Å². The number of benzene rings is 2. The number of halogens is 2. The molecule has 1 N–H and O–H groups in total. The second kappa shape index (κ2) is 9.97. The molecule has 30 heavy (non-hydrogen) atoms. The molecule has 0 aliphatic rings. The first-order chi connectivity index (χ1) is 14.3. The van der Waals surface area contributed by atoms with E-state index in [1.165, 1.54) is 16.7 Å². The topological polar surface area (TPSA) is 88.3 Å². The molecule has 0 spiro atoms. The zero-order valence-corrected chi connectivity index (χ0v) is 18.5. The van der Waals surface area contributed by atoms with Crippen LogP contribution in [0, 0.1) is 6.92 Å². The molecule has 0 atom stereocenters. The van der Waals surface area contributed by atoms with Crippen molar-refractivity contribution in [2.75, 3.05) is 18.9 Å². The molecule has 0 bridgehead atoms. The third-order valence-electron chi connectivity index (χ3n) is 3.97. The van der Waals surface area contributed by atoms with Gasteiger partial charge in [0, 0.05) is 24.6 Å². The van der Waals surface area contributed by atoms with Crippen molar-refractivity contribution in [3.8, 4) is 0 Å². The molecule has 0 saturated carbocycles. The summed E-state index contributed by atoms with van der Waals surface area (Å²) in [6.45, 7) is 1.60. The standard InChI is InChI=1S/C20H18Cl2N4O3S/c1-12-23-18(25-29-12)11-30-17-6-4-3-5-14(17)20(28)26(2)10-19(27)24-13-7-8-15(21)16(22)9-13/h3-9H,10-11H2,1-2H3,(H,24,27). The van der Waals surface area contributed by atoms with Crippen LogP contribution in [-0.2, 0) is 10.5 Å². The highest BCUT2D eigenvalue weighted by Gasteiger charge is 2.19. The summed E-state index contributed by atoms with van der Waals surface area (Å²) >= 11 is 13.3. The zero-order valence-electron chi connectivity index (χ0n) is 16.2.